The molecule has 0 spiro atoms. The smallest absolute Gasteiger partial charge is 0.408 e. The molecule has 3 rings (SSSR count). The van der Waals surface area contributed by atoms with Crippen LogP contribution in [-0.4, -0.2) is 48.2 Å². The standard InChI is InChI=1S/C31H41N3O6S/c1-21-14-16-22(17-15-21)20-41-26-13-9-8-12-24(26)34-29(37)25(18-28(36)39-23-10-6-5-7-11-23)33-27(35)19-32-30(38)40-31(2,3)4/h8-9,12-17,23,25H,5-7,10-11,18-20H2,1-4H3,(H,32,38)(H,33,35)(H,34,37)/t25-/m0/s1. The summed E-state index contributed by atoms with van der Waals surface area (Å²) in [6.07, 6.45) is 3.41. The SMILES string of the molecule is Cc1ccc(CSc2ccccc2NC(=O)[C@H](CC(=O)OC2CCCCC2)NC(=O)CNC(=O)OC(C)(C)C)cc1. The van der Waals surface area contributed by atoms with E-state index >= 15 is 0 Å². The van der Waals surface area contributed by atoms with Gasteiger partial charge in [0.1, 0.15) is 24.3 Å². The molecule has 2 aromatic carbocycles. The number of aryl methyl sites for hydroxylation is 1. The first kappa shape index (κ1) is 32.0. The predicted molar refractivity (Wildman–Crippen MR) is 160 cm³/mol. The molecule has 3 amide bonds. The number of carbonyl (C=O) groups is 4. The normalized spacial score (nSPS) is 14.4. The molecule has 1 aliphatic carbocycles. The summed E-state index contributed by atoms with van der Waals surface area (Å²) in [6.45, 7) is 6.75. The molecule has 1 saturated carbocycles. The summed E-state index contributed by atoms with van der Waals surface area (Å²) in [7, 11) is 0. The third-order valence-electron chi connectivity index (χ3n) is 6.32. The van der Waals surface area contributed by atoms with Gasteiger partial charge in [-0.05, 0) is 71.1 Å². The number of anilines is 1. The van der Waals surface area contributed by atoms with Crippen LogP contribution < -0.4 is 16.0 Å². The number of rotatable bonds is 11. The zero-order chi connectivity index (χ0) is 29.8. The number of esters is 1. The van der Waals surface area contributed by atoms with Crippen molar-refractivity contribution >= 4 is 41.3 Å². The molecule has 0 aliphatic heterocycles. The van der Waals surface area contributed by atoms with E-state index in [1.807, 2.05) is 19.1 Å². The van der Waals surface area contributed by atoms with Crippen molar-refractivity contribution < 1.29 is 28.7 Å². The maximum atomic E-state index is 13.4. The van der Waals surface area contributed by atoms with Crippen molar-refractivity contribution in [3.05, 3.63) is 59.7 Å². The van der Waals surface area contributed by atoms with E-state index in [2.05, 4.69) is 40.2 Å². The van der Waals surface area contributed by atoms with Gasteiger partial charge in [-0.25, -0.2) is 4.79 Å². The fourth-order valence-corrected chi connectivity index (χ4v) is 5.23. The second-order valence-corrected chi connectivity index (χ2v) is 12.2. The molecule has 2 aromatic rings. The number of alkyl carbamates (subject to hydrolysis) is 1. The lowest BCUT2D eigenvalue weighted by Gasteiger charge is -2.24. The number of hydrogen-bond donors (Lipinski definition) is 3. The molecular weight excluding hydrogens is 542 g/mol. The van der Waals surface area contributed by atoms with Crippen molar-refractivity contribution in [3.63, 3.8) is 0 Å². The number of hydrogen-bond acceptors (Lipinski definition) is 7. The molecule has 1 atom stereocenters. The molecule has 1 fully saturated rings. The van der Waals surface area contributed by atoms with Gasteiger partial charge in [-0.1, -0.05) is 48.4 Å². The highest BCUT2D eigenvalue weighted by Crippen LogP contribution is 2.30. The van der Waals surface area contributed by atoms with Crippen LogP contribution in [0.5, 0.6) is 0 Å². The van der Waals surface area contributed by atoms with Gasteiger partial charge < -0.3 is 25.4 Å². The summed E-state index contributed by atoms with van der Waals surface area (Å²) in [6, 6.07) is 14.4. The molecule has 0 radical (unpaired) electrons. The molecule has 0 aromatic heterocycles. The summed E-state index contributed by atoms with van der Waals surface area (Å²) in [5.74, 6) is -1.04. The minimum absolute atomic E-state index is 0.177. The Kier molecular flexibility index (Phi) is 12.1. The van der Waals surface area contributed by atoms with E-state index in [1.54, 1.807) is 44.7 Å². The Bertz CT molecular complexity index is 1190. The molecule has 222 valence electrons. The van der Waals surface area contributed by atoms with Gasteiger partial charge in [0.05, 0.1) is 12.1 Å². The number of amides is 3. The first-order valence-corrected chi connectivity index (χ1v) is 15.0. The molecule has 0 unspecified atom stereocenters. The van der Waals surface area contributed by atoms with Crippen LogP contribution in [0.15, 0.2) is 53.4 Å². The Morgan fingerprint density at radius 2 is 1.66 bits per heavy atom. The minimum Gasteiger partial charge on any atom is -0.462 e. The van der Waals surface area contributed by atoms with Gasteiger partial charge in [0.25, 0.3) is 0 Å². The average molecular weight is 584 g/mol. The topological polar surface area (TPSA) is 123 Å². The van der Waals surface area contributed by atoms with E-state index in [-0.39, 0.29) is 12.5 Å². The molecule has 0 heterocycles. The molecule has 1 aliphatic rings. The number of thioether (sulfide) groups is 1. The summed E-state index contributed by atoms with van der Waals surface area (Å²) in [4.78, 5) is 51.7. The van der Waals surface area contributed by atoms with E-state index < -0.39 is 42.1 Å². The van der Waals surface area contributed by atoms with Crippen molar-refractivity contribution in [1.29, 1.82) is 0 Å². The number of carbonyl (C=O) groups excluding carboxylic acids is 4. The molecular formula is C31H41N3O6S. The molecule has 0 saturated heterocycles. The van der Waals surface area contributed by atoms with Crippen LogP contribution in [0, 0.1) is 6.92 Å². The van der Waals surface area contributed by atoms with E-state index in [9.17, 15) is 19.2 Å². The minimum atomic E-state index is -1.20. The highest BCUT2D eigenvalue weighted by atomic mass is 32.2. The monoisotopic (exact) mass is 583 g/mol. The predicted octanol–water partition coefficient (Wildman–Crippen LogP) is 5.50. The number of benzene rings is 2. The van der Waals surface area contributed by atoms with Crippen molar-refractivity contribution in [2.24, 2.45) is 0 Å². The van der Waals surface area contributed by atoms with Crippen LogP contribution in [0.2, 0.25) is 0 Å². The Hall–Kier alpha value is -3.53. The fourth-order valence-electron chi connectivity index (χ4n) is 4.27. The molecule has 3 N–H and O–H groups in total. The van der Waals surface area contributed by atoms with Crippen LogP contribution in [0.3, 0.4) is 0 Å². The van der Waals surface area contributed by atoms with Crippen molar-refractivity contribution in [1.82, 2.24) is 10.6 Å². The Morgan fingerprint density at radius 3 is 2.34 bits per heavy atom. The maximum absolute atomic E-state index is 13.4. The van der Waals surface area contributed by atoms with Gasteiger partial charge in [-0.3, -0.25) is 14.4 Å². The van der Waals surface area contributed by atoms with E-state index in [4.69, 9.17) is 9.47 Å². The lowest BCUT2D eigenvalue weighted by Crippen LogP contribution is -2.49. The van der Waals surface area contributed by atoms with Gasteiger partial charge in [0.15, 0.2) is 0 Å². The summed E-state index contributed by atoms with van der Waals surface area (Å²) in [5, 5.41) is 7.82. The second-order valence-electron chi connectivity index (χ2n) is 11.2. The lowest BCUT2D eigenvalue weighted by atomic mass is 9.98. The largest absolute Gasteiger partial charge is 0.462 e. The summed E-state index contributed by atoms with van der Waals surface area (Å²) in [5.41, 5.74) is 2.18. The van der Waals surface area contributed by atoms with Gasteiger partial charge >= 0.3 is 12.1 Å². The van der Waals surface area contributed by atoms with E-state index in [0.29, 0.717) is 11.4 Å². The van der Waals surface area contributed by atoms with E-state index in [0.717, 1.165) is 42.6 Å². The van der Waals surface area contributed by atoms with Crippen LogP contribution in [-0.2, 0) is 29.6 Å². The Labute approximate surface area is 246 Å². The van der Waals surface area contributed by atoms with Crippen LogP contribution in [0.25, 0.3) is 0 Å². The van der Waals surface area contributed by atoms with Gasteiger partial charge in [-0.2, -0.15) is 0 Å². The highest BCUT2D eigenvalue weighted by Gasteiger charge is 2.28. The second kappa shape index (κ2) is 15.5. The fraction of sp³-hybridized carbons (Fsp3) is 0.484. The zero-order valence-corrected chi connectivity index (χ0v) is 25.1. The van der Waals surface area contributed by atoms with Crippen molar-refractivity contribution in [3.8, 4) is 0 Å². The number of ether oxygens (including phenoxy) is 2. The Balaban J connectivity index is 1.66. The lowest BCUT2D eigenvalue weighted by molar-refractivity contribution is -0.152. The molecule has 41 heavy (non-hydrogen) atoms. The molecule has 9 nitrogen and oxygen atoms in total. The number of nitrogens with one attached hydrogen (secondary N) is 3. The van der Waals surface area contributed by atoms with Gasteiger partial charge in [-0.15, -0.1) is 11.8 Å². The van der Waals surface area contributed by atoms with Crippen LogP contribution in [0.1, 0.15) is 70.4 Å². The van der Waals surface area contributed by atoms with Gasteiger partial charge in [0.2, 0.25) is 11.8 Å². The summed E-state index contributed by atoms with van der Waals surface area (Å²) < 4.78 is 10.8. The quantitative estimate of drug-likeness (QED) is 0.236. The third kappa shape index (κ3) is 11.9. The highest BCUT2D eigenvalue weighted by molar-refractivity contribution is 7.98. The zero-order valence-electron chi connectivity index (χ0n) is 24.3. The Morgan fingerprint density at radius 1 is 0.976 bits per heavy atom. The van der Waals surface area contributed by atoms with Crippen molar-refractivity contribution in [2.45, 2.75) is 94.6 Å². The maximum Gasteiger partial charge on any atom is 0.408 e. The first-order valence-electron chi connectivity index (χ1n) is 14.0. The first-order chi connectivity index (χ1) is 19.5. The van der Waals surface area contributed by atoms with Crippen LogP contribution in [0.4, 0.5) is 10.5 Å². The molecule has 10 heteroatoms. The van der Waals surface area contributed by atoms with Crippen molar-refractivity contribution in [2.75, 3.05) is 11.9 Å². The third-order valence-corrected chi connectivity index (χ3v) is 7.47. The van der Waals surface area contributed by atoms with E-state index in [1.165, 1.54) is 5.56 Å². The molecule has 0 bridgehead atoms. The van der Waals surface area contributed by atoms with Crippen LogP contribution >= 0.6 is 11.8 Å². The summed E-state index contributed by atoms with van der Waals surface area (Å²) >= 11 is 1.57. The number of para-hydroxylation sites is 1. The van der Waals surface area contributed by atoms with Gasteiger partial charge in [0, 0.05) is 10.6 Å². The average Bonchev–Trinajstić information content (AvgIpc) is 2.91.